The van der Waals surface area contributed by atoms with E-state index in [2.05, 4.69) is 20.9 Å². The Bertz CT molecular complexity index is 706. The number of fused-ring (bicyclic) bond motifs is 1. The van der Waals surface area contributed by atoms with Gasteiger partial charge in [-0.15, -0.1) is 0 Å². The Morgan fingerprint density at radius 3 is 2.64 bits per heavy atom. The molecule has 3 N–H and O–H groups in total. The van der Waals surface area contributed by atoms with Gasteiger partial charge >= 0.3 is 6.09 Å². The minimum atomic E-state index is -0.669. The van der Waals surface area contributed by atoms with E-state index in [1.54, 1.807) is 39.0 Å². The summed E-state index contributed by atoms with van der Waals surface area (Å²) in [7, 11) is 0. The van der Waals surface area contributed by atoms with E-state index >= 15 is 0 Å². The SMILES string of the molecule is CC(NC(=O)OC(C)(C)C)C(=O)NCCNc1nc2ccccc2s1. The van der Waals surface area contributed by atoms with Gasteiger partial charge in [0.05, 0.1) is 10.2 Å². The first-order valence-corrected chi connectivity index (χ1v) is 8.93. The second kappa shape index (κ2) is 8.15. The third-order valence-electron chi connectivity index (χ3n) is 3.12. The lowest BCUT2D eigenvalue weighted by Gasteiger charge is -2.21. The molecular weight excluding hydrogens is 340 g/mol. The van der Waals surface area contributed by atoms with Crippen LogP contribution in [0.2, 0.25) is 0 Å². The van der Waals surface area contributed by atoms with E-state index in [9.17, 15) is 9.59 Å². The third-order valence-corrected chi connectivity index (χ3v) is 4.11. The van der Waals surface area contributed by atoms with Crippen molar-refractivity contribution < 1.29 is 14.3 Å². The highest BCUT2D eigenvalue weighted by atomic mass is 32.1. The van der Waals surface area contributed by atoms with Crippen LogP contribution < -0.4 is 16.0 Å². The Hall–Kier alpha value is -2.35. The van der Waals surface area contributed by atoms with E-state index in [0.29, 0.717) is 13.1 Å². The molecule has 2 amide bonds. The topological polar surface area (TPSA) is 92.3 Å². The monoisotopic (exact) mass is 364 g/mol. The van der Waals surface area contributed by atoms with Crippen molar-refractivity contribution in [1.82, 2.24) is 15.6 Å². The summed E-state index contributed by atoms with van der Waals surface area (Å²) >= 11 is 1.57. The molecule has 0 fully saturated rings. The van der Waals surface area contributed by atoms with Crippen LogP contribution in [-0.2, 0) is 9.53 Å². The molecule has 0 aliphatic rings. The van der Waals surface area contributed by atoms with Gasteiger partial charge in [-0.05, 0) is 39.8 Å². The number of anilines is 1. The first kappa shape index (κ1) is 19.0. The van der Waals surface area contributed by atoms with E-state index < -0.39 is 17.7 Å². The average molecular weight is 364 g/mol. The first-order chi connectivity index (χ1) is 11.7. The van der Waals surface area contributed by atoms with Crippen molar-refractivity contribution in [3.8, 4) is 0 Å². The zero-order chi connectivity index (χ0) is 18.4. The molecule has 25 heavy (non-hydrogen) atoms. The van der Waals surface area contributed by atoms with Gasteiger partial charge in [0, 0.05) is 13.1 Å². The van der Waals surface area contributed by atoms with Gasteiger partial charge in [-0.2, -0.15) is 0 Å². The predicted molar refractivity (Wildman–Crippen MR) is 100.0 cm³/mol. The average Bonchev–Trinajstić information content (AvgIpc) is 2.92. The molecule has 0 spiro atoms. The van der Waals surface area contributed by atoms with Gasteiger partial charge < -0.3 is 20.7 Å². The number of rotatable bonds is 6. The summed E-state index contributed by atoms with van der Waals surface area (Å²) in [5.74, 6) is -0.267. The molecule has 1 aromatic heterocycles. The quantitative estimate of drug-likeness (QED) is 0.686. The highest BCUT2D eigenvalue weighted by molar-refractivity contribution is 7.22. The minimum Gasteiger partial charge on any atom is -0.444 e. The maximum atomic E-state index is 12.0. The normalized spacial score (nSPS) is 12.5. The van der Waals surface area contributed by atoms with Crippen LogP contribution in [0.25, 0.3) is 10.2 Å². The van der Waals surface area contributed by atoms with Crippen LogP contribution in [0.1, 0.15) is 27.7 Å². The first-order valence-electron chi connectivity index (χ1n) is 8.11. The van der Waals surface area contributed by atoms with Crippen LogP contribution in [0, 0.1) is 0 Å². The van der Waals surface area contributed by atoms with Crippen molar-refractivity contribution in [3.63, 3.8) is 0 Å². The number of nitrogens with one attached hydrogen (secondary N) is 3. The summed E-state index contributed by atoms with van der Waals surface area (Å²) in [6.07, 6.45) is -0.609. The molecule has 0 aliphatic carbocycles. The Balaban J connectivity index is 1.70. The molecule has 0 saturated heterocycles. The number of amides is 2. The standard InChI is InChI=1S/C17H24N4O3S/c1-11(20-16(23)24-17(2,3)4)14(22)18-9-10-19-15-21-12-7-5-6-8-13(12)25-15/h5-8,11H,9-10H2,1-4H3,(H,18,22)(H,19,21)(H,20,23). The van der Waals surface area contributed by atoms with Crippen molar-refractivity contribution in [1.29, 1.82) is 0 Å². The van der Waals surface area contributed by atoms with Crippen molar-refractivity contribution in [2.24, 2.45) is 0 Å². The molecule has 0 bridgehead atoms. The number of alkyl carbamates (subject to hydrolysis) is 1. The molecule has 0 saturated carbocycles. The van der Waals surface area contributed by atoms with E-state index in [1.807, 2.05) is 24.3 Å². The molecule has 7 nitrogen and oxygen atoms in total. The number of carbonyl (C=O) groups excluding carboxylic acids is 2. The van der Waals surface area contributed by atoms with Crippen LogP contribution in [0.4, 0.5) is 9.93 Å². The molecular formula is C17H24N4O3S. The number of thiazole rings is 1. The molecule has 1 heterocycles. The van der Waals surface area contributed by atoms with Crippen molar-refractivity contribution in [3.05, 3.63) is 24.3 Å². The number of hydrogen-bond donors (Lipinski definition) is 3. The van der Waals surface area contributed by atoms with Crippen LogP contribution in [-0.4, -0.2) is 41.7 Å². The fourth-order valence-electron chi connectivity index (χ4n) is 2.01. The highest BCUT2D eigenvalue weighted by Gasteiger charge is 2.20. The number of hydrogen-bond acceptors (Lipinski definition) is 6. The molecule has 1 atom stereocenters. The Labute approximate surface area is 151 Å². The third kappa shape index (κ3) is 6.22. The fourth-order valence-corrected chi connectivity index (χ4v) is 2.90. The Morgan fingerprint density at radius 1 is 1.24 bits per heavy atom. The lowest BCUT2D eigenvalue weighted by atomic mass is 10.2. The minimum absolute atomic E-state index is 0.267. The van der Waals surface area contributed by atoms with Gasteiger partial charge in [-0.1, -0.05) is 23.5 Å². The number of aromatic nitrogens is 1. The van der Waals surface area contributed by atoms with Gasteiger partial charge in [-0.3, -0.25) is 4.79 Å². The Kier molecular flexibility index (Phi) is 6.19. The lowest BCUT2D eigenvalue weighted by molar-refractivity contribution is -0.122. The predicted octanol–water partition coefficient (Wildman–Crippen LogP) is 2.74. The highest BCUT2D eigenvalue weighted by Crippen LogP contribution is 2.24. The van der Waals surface area contributed by atoms with E-state index in [4.69, 9.17) is 4.74 Å². The Morgan fingerprint density at radius 2 is 1.96 bits per heavy atom. The molecule has 8 heteroatoms. The summed E-state index contributed by atoms with van der Waals surface area (Å²) in [6.45, 7) is 7.89. The molecule has 136 valence electrons. The molecule has 0 radical (unpaired) electrons. The summed E-state index contributed by atoms with van der Waals surface area (Å²) in [4.78, 5) is 28.1. The van der Waals surface area contributed by atoms with Gasteiger partial charge in [0.15, 0.2) is 5.13 Å². The van der Waals surface area contributed by atoms with Crippen LogP contribution >= 0.6 is 11.3 Å². The number of ether oxygens (including phenoxy) is 1. The van der Waals surface area contributed by atoms with Crippen molar-refractivity contribution >= 4 is 38.7 Å². The number of benzene rings is 1. The largest absolute Gasteiger partial charge is 0.444 e. The number of para-hydroxylation sites is 1. The van der Waals surface area contributed by atoms with Gasteiger partial charge in [0.1, 0.15) is 11.6 Å². The summed E-state index contributed by atoms with van der Waals surface area (Å²) in [6, 6.07) is 7.24. The number of nitrogens with zero attached hydrogens (tertiary/aromatic N) is 1. The summed E-state index contributed by atoms with van der Waals surface area (Å²) < 4.78 is 6.24. The van der Waals surface area contributed by atoms with Crippen LogP contribution in [0.15, 0.2) is 24.3 Å². The molecule has 1 aromatic carbocycles. The van der Waals surface area contributed by atoms with Crippen LogP contribution in [0.3, 0.4) is 0 Å². The van der Waals surface area contributed by atoms with Crippen molar-refractivity contribution in [2.45, 2.75) is 39.3 Å². The summed E-state index contributed by atoms with van der Waals surface area (Å²) in [5, 5.41) is 9.26. The van der Waals surface area contributed by atoms with Crippen molar-refractivity contribution in [2.75, 3.05) is 18.4 Å². The molecule has 1 unspecified atom stereocenters. The second-order valence-corrected chi connectivity index (χ2v) is 7.60. The lowest BCUT2D eigenvalue weighted by Crippen LogP contribution is -2.47. The van der Waals surface area contributed by atoms with Gasteiger partial charge in [0.25, 0.3) is 0 Å². The zero-order valence-corrected chi connectivity index (χ0v) is 15.7. The van der Waals surface area contributed by atoms with E-state index in [-0.39, 0.29) is 5.91 Å². The zero-order valence-electron chi connectivity index (χ0n) is 14.9. The fraction of sp³-hybridized carbons (Fsp3) is 0.471. The second-order valence-electron chi connectivity index (χ2n) is 6.57. The molecule has 2 rings (SSSR count). The molecule has 2 aromatic rings. The van der Waals surface area contributed by atoms with Gasteiger partial charge in [-0.25, -0.2) is 9.78 Å². The van der Waals surface area contributed by atoms with Gasteiger partial charge in [0.2, 0.25) is 5.91 Å². The van der Waals surface area contributed by atoms with E-state index in [0.717, 1.165) is 15.3 Å². The maximum Gasteiger partial charge on any atom is 0.408 e. The van der Waals surface area contributed by atoms with Crippen LogP contribution in [0.5, 0.6) is 0 Å². The summed E-state index contributed by atoms with van der Waals surface area (Å²) in [5.41, 5.74) is 0.357. The molecule has 0 aliphatic heterocycles. The maximum absolute atomic E-state index is 12.0. The smallest absolute Gasteiger partial charge is 0.408 e. The number of carbonyl (C=O) groups is 2. The van der Waals surface area contributed by atoms with E-state index in [1.165, 1.54) is 0 Å².